The summed E-state index contributed by atoms with van der Waals surface area (Å²) < 4.78 is 18.4. The third kappa shape index (κ3) is 4.07. The highest BCUT2D eigenvalue weighted by Gasteiger charge is 2.06. The molecule has 2 aromatic carbocycles. The van der Waals surface area contributed by atoms with Crippen molar-refractivity contribution in [2.45, 2.75) is 0 Å². The van der Waals surface area contributed by atoms with Gasteiger partial charge in [-0.3, -0.25) is 15.6 Å². The van der Waals surface area contributed by atoms with Crippen LogP contribution in [0.5, 0.6) is 11.5 Å². The Balaban J connectivity index is 1.58. The number of amides is 1. The van der Waals surface area contributed by atoms with Crippen molar-refractivity contribution in [1.29, 1.82) is 0 Å². The average molecular weight is 323 g/mol. The Morgan fingerprint density at radius 3 is 2.29 bits per heavy atom. The summed E-state index contributed by atoms with van der Waals surface area (Å²) in [5.41, 5.74) is 6.11. The van der Waals surface area contributed by atoms with Crippen molar-refractivity contribution in [3.8, 4) is 11.5 Å². The van der Waals surface area contributed by atoms with Crippen LogP contribution in [0, 0.1) is 5.95 Å². The highest BCUT2D eigenvalue weighted by molar-refractivity contribution is 5.94. The van der Waals surface area contributed by atoms with E-state index in [9.17, 15) is 9.18 Å². The average Bonchev–Trinajstić information content (AvgIpc) is 2.62. The first-order chi connectivity index (χ1) is 11.7. The minimum absolute atomic E-state index is 0.328. The second kappa shape index (κ2) is 7.23. The van der Waals surface area contributed by atoms with Crippen LogP contribution < -0.4 is 15.6 Å². The van der Waals surface area contributed by atoms with Crippen LogP contribution in [0.25, 0.3) is 0 Å². The van der Waals surface area contributed by atoms with E-state index in [1.54, 1.807) is 24.3 Å². The van der Waals surface area contributed by atoms with Crippen molar-refractivity contribution in [2.24, 2.45) is 0 Å². The van der Waals surface area contributed by atoms with E-state index >= 15 is 0 Å². The topological polar surface area (TPSA) is 63.2 Å². The van der Waals surface area contributed by atoms with Crippen molar-refractivity contribution in [1.82, 2.24) is 10.4 Å². The second-order valence-electron chi connectivity index (χ2n) is 4.89. The molecule has 1 heterocycles. The quantitative estimate of drug-likeness (QED) is 0.554. The Morgan fingerprint density at radius 1 is 0.917 bits per heavy atom. The molecule has 24 heavy (non-hydrogen) atoms. The van der Waals surface area contributed by atoms with Crippen LogP contribution >= 0.6 is 0 Å². The Kier molecular flexibility index (Phi) is 4.67. The molecule has 3 aromatic rings. The molecule has 1 aromatic heterocycles. The summed E-state index contributed by atoms with van der Waals surface area (Å²) in [6.07, 6.45) is 1.28. The van der Waals surface area contributed by atoms with Gasteiger partial charge in [-0.05, 0) is 48.5 Å². The molecule has 3 rings (SSSR count). The molecule has 1 amide bonds. The summed E-state index contributed by atoms with van der Waals surface area (Å²) >= 11 is 0. The fraction of sp³-hybridized carbons (Fsp3) is 0. The van der Waals surface area contributed by atoms with Gasteiger partial charge < -0.3 is 4.74 Å². The van der Waals surface area contributed by atoms with E-state index in [2.05, 4.69) is 15.8 Å². The van der Waals surface area contributed by atoms with E-state index in [0.717, 1.165) is 5.75 Å². The van der Waals surface area contributed by atoms with E-state index in [-0.39, 0.29) is 5.91 Å². The number of hydrogen-bond donors (Lipinski definition) is 2. The minimum atomic E-state index is -0.583. The molecule has 0 aliphatic rings. The number of ether oxygens (including phenoxy) is 1. The van der Waals surface area contributed by atoms with E-state index in [1.165, 1.54) is 18.3 Å². The number of carbonyl (C=O) groups excluding carboxylic acids is 1. The number of rotatable bonds is 5. The van der Waals surface area contributed by atoms with Crippen LogP contribution in [0.1, 0.15) is 10.4 Å². The molecule has 0 aliphatic carbocycles. The number of nitrogens with one attached hydrogen (secondary N) is 2. The molecular weight excluding hydrogens is 309 g/mol. The molecule has 2 N–H and O–H groups in total. The third-order valence-electron chi connectivity index (χ3n) is 3.14. The van der Waals surface area contributed by atoms with Crippen molar-refractivity contribution in [3.63, 3.8) is 0 Å². The minimum Gasteiger partial charge on any atom is -0.457 e. The number of anilines is 1. The standard InChI is InChI=1S/C18H14FN3O2/c19-17-11-8-14(12-20-17)21-22-18(23)13-6-9-16(10-7-13)24-15-4-2-1-3-5-15/h1-12,21H,(H,22,23). The molecule has 6 heteroatoms. The van der Waals surface area contributed by atoms with Crippen molar-refractivity contribution in [3.05, 3.63) is 84.4 Å². The van der Waals surface area contributed by atoms with Crippen LogP contribution in [0.2, 0.25) is 0 Å². The molecule has 0 atom stereocenters. The van der Waals surface area contributed by atoms with Gasteiger partial charge in [0.2, 0.25) is 5.95 Å². The molecule has 0 fully saturated rings. The number of aromatic nitrogens is 1. The predicted octanol–water partition coefficient (Wildman–Crippen LogP) is 3.77. The molecule has 0 bridgehead atoms. The predicted molar refractivity (Wildman–Crippen MR) is 88.2 cm³/mol. The van der Waals surface area contributed by atoms with Gasteiger partial charge in [0.1, 0.15) is 11.5 Å². The first-order valence-electron chi connectivity index (χ1n) is 7.21. The first-order valence-corrected chi connectivity index (χ1v) is 7.21. The number of pyridine rings is 1. The number of carbonyl (C=O) groups is 1. The molecule has 0 saturated heterocycles. The van der Waals surface area contributed by atoms with E-state index in [1.807, 2.05) is 30.3 Å². The fourth-order valence-corrected chi connectivity index (χ4v) is 1.95. The summed E-state index contributed by atoms with van der Waals surface area (Å²) in [5.74, 6) is 0.445. The summed E-state index contributed by atoms with van der Waals surface area (Å²) in [6.45, 7) is 0. The SMILES string of the molecule is O=C(NNc1ccc(F)nc1)c1ccc(Oc2ccccc2)cc1. The maximum Gasteiger partial charge on any atom is 0.269 e. The number of halogens is 1. The van der Waals surface area contributed by atoms with Crippen molar-refractivity contribution >= 4 is 11.6 Å². The van der Waals surface area contributed by atoms with Gasteiger partial charge in [0.15, 0.2) is 0 Å². The van der Waals surface area contributed by atoms with Gasteiger partial charge in [0.25, 0.3) is 5.91 Å². The maximum atomic E-state index is 12.7. The zero-order chi connectivity index (χ0) is 16.8. The van der Waals surface area contributed by atoms with Gasteiger partial charge in [0, 0.05) is 5.56 Å². The lowest BCUT2D eigenvalue weighted by Gasteiger charge is -2.09. The largest absolute Gasteiger partial charge is 0.457 e. The highest BCUT2D eigenvalue weighted by Crippen LogP contribution is 2.21. The molecule has 0 aliphatic heterocycles. The summed E-state index contributed by atoms with van der Waals surface area (Å²) in [5, 5.41) is 0. The Labute approximate surface area is 138 Å². The van der Waals surface area contributed by atoms with Crippen LogP contribution in [-0.2, 0) is 0 Å². The molecular formula is C18H14FN3O2. The van der Waals surface area contributed by atoms with Crippen LogP contribution in [0.3, 0.4) is 0 Å². The van der Waals surface area contributed by atoms with Crippen molar-refractivity contribution < 1.29 is 13.9 Å². The number of hydrogen-bond acceptors (Lipinski definition) is 4. The van der Waals surface area contributed by atoms with Gasteiger partial charge in [-0.15, -0.1) is 0 Å². The van der Waals surface area contributed by atoms with Crippen LogP contribution in [-0.4, -0.2) is 10.9 Å². The molecule has 5 nitrogen and oxygen atoms in total. The number of benzene rings is 2. The van der Waals surface area contributed by atoms with Gasteiger partial charge in [-0.1, -0.05) is 18.2 Å². The van der Waals surface area contributed by atoms with Crippen LogP contribution in [0.15, 0.2) is 72.9 Å². The Morgan fingerprint density at radius 2 is 1.62 bits per heavy atom. The zero-order valence-corrected chi connectivity index (χ0v) is 12.6. The lowest BCUT2D eigenvalue weighted by molar-refractivity contribution is 0.0962. The lowest BCUT2D eigenvalue weighted by Crippen LogP contribution is -2.29. The van der Waals surface area contributed by atoms with Gasteiger partial charge >= 0.3 is 0 Å². The number of para-hydroxylation sites is 1. The number of nitrogens with zero attached hydrogens (tertiary/aromatic N) is 1. The second-order valence-corrected chi connectivity index (χ2v) is 4.89. The van der Waals surface area contributed by atoms with Gasteiger partial charge in [-0.2, -0.15) is 4.39 Å². The smallest absolute Gasteiger partial charge is 0.269 e. The highest BCUT2D eigenvalue weighted by atomic mass is 19.1. The van der Waals surface area contributed by atoms with Crippen molar-refractivity contribution in [2.75, 3.05) is 5.43 Å². The van der Waals surface area contributed by atoms with Gasteiger partial charge in [0.05, 0.1) is 11.9 Å². The summed E-state index contributed by atoms with van der Waals surface area (Å²) in [6, 6.07) is 18.8. The first kappa shape index (κ1) is 15.5. The maximum absolute atomic E-state index is 12.7. The summed E-state index contributed by atoms with van der Waals surface area (Å²) in [7, 11) is 0. The number of hydrazine groups is 1. The van der Waals surface area contributed by atoms with Crippen LogP contribution in [0.4, 0.5) is 10.1 Å². The van der Waals surface area contributed by atoms with E-state index in [0.29, 0.717) is 17.0 Å². The normalized spacial score (nSPS) is 10.0. The van der Waals surface area contributed by atoms with Gasteiger partial charge in [-0.25, -0.2) is 4.98 Å². The van der Waals surface area contributed by atoms with E-state index in [4.69, 9.17) is 4.74 Å². The molecule has 0 saturated carbocycles. The fourth-order valence-electron chi connectivity index (χ4n) is 1.95. The van der Waals surface area contributed by atoms with E-state index < -0.39 is 5.95 Å². The molecule has 120 valence electrons. The zero-order valence-electron chi connectivity index (χ0n) is 12.6. The monoisotopic (exact) mass is 323 g/mol. The Hall–Kier alpha value is -3.41. The molecule has 0 unspecified atom stereocenters. The summed E-state index contributed by atoms with van der Waals surface area (Å²) in [4.78, 5) is 15.5. The lowest BCUT2D eigenvalue weighted by atomic mass is 10.2. The molecule has 0 spiro atoms. The Bertz CT molecular complexity index is 806. The molecule has 0 radical (unpaired) electrons. The third-order valence-corrected chi connectivity index (χ3v) is 3.14.